The molecule has 1 aliphatic heterocycles. The topological polar surface area (TPSA) is 112 Å². The second-order valence-corrected chi connectivity index (χ2v) is 7.70. The molecule has 9 heteroatoms. The van der Waals surface area contributed by atoms with Gasteiger partial charge >= 0.3 is 5.97 Å². The molecular weight excluding hydrogens is 448 g/mol. The Kier molecular flexibility index (Phi) is 5.96. The molecular formula is C26H20N4O5. The maximum absolute atomic E-state index is 12.6. The first-order chi connectivity index (χ1) is 17.1. The van der Waals surface area contributed by atoms with Gasteiger partial charge in [-0.1, -0.05) is 48.5 Å². The van der Waals surface area contributed by atoms with Crippen molar-refractivity contribution in [2.24, 2.45) is 0 Å². The maximum atomic E-state index is 12.6. The van der Waals surface area contributed by atoms with Crippen LogP contribution in [0.5, 0.6) is 5.75 Å². The highest BCUT2D eigenvalue weighted by Crippen LogP contribution is 2.29. The quantitative estimate of drug-likeness (QED) is 0.418. The van der Waals surface area contributed by atoms with Crippen LogP contribution in [0.4, 0.5) is 11.5 Å². The van der Waals surface area contributed by atoms with Crippen molar-refractivity contribution < 1.29 is 23.9 Å². The molecule has 5 rings (SSSR count). The number of esters is 1. The van der Waals surface area contributed by atoms with E-state index in [0.717, 1.165) is 11.3 Å². The zero-order valence-electron chi connectivity index (χ0n) is 18.4. The number of rotatable bonds is 6. The number of nitrogens with zero attached hydrogens (tertiary/aromatic N) is 2. The lowest BCUT2D eigenvalue weighted by Gasteiger charge is -2.18. The zero-order chi connectivity index (χ0) is 24.2. The van der Waals surface area contributed by atoms with Gasteiger partial charge in [-0.15, -0.1) is 0 Å². The van der Waals surface area contributed by atoms with Crippen LogP contribution in [0.15, 0.2) is 84.9 Å². The number of fused-ring (bicyclic) bond motifs is 1. The third-order valence-corrected chi connectivity index (χ3v) is 5.23. The maximum Gasteiger partial charge on any atom is 0.338 e. The average Bonchev–Trinajstić information content (AvgIpc) is 3.31. The van der Waals surface area contributed by atoms with Gasteiger partial charge in [0.05, 0.1) is 22.6 Å². The van der Waals surface area contributed by atoms with E-state index in [2.05, 4.69) is 15.7 Å². The average molecular weight is 468 g/mol. The molecule has 1 aromatic heterocycles. The Labute approximate surface area is 200 Å². The predicted octanol–water partition coefficient (Wildman–Crippen LogP) is 3.67. The van der Waals surface area contributed by atoms with Crippen molar-refractivity contribution in [1.29, 1.82) is 0 Å². The molecule has 0 aliphatic carbocycles. The first kappa shape index (κ1) is 21.9. The van der Waals surface area contributed by atoms with E-state index < -0.39 is 18.5 Å². The van der Waals surface area contributed by atoms with E-state index in [0.29, 0.717) is 22.9 Å². The summed E-state index contributed by atoms with van der Waals surface area (Å²) in [7, 11) is 0. The van der Waals surface area contributed by atoms with Crippen LogP contribution < -0.4 is 15.4 Å². The van der Waals surface area contributed by atoms with Crippen molar-refractivity contribution in [3.05, 3.63) is 90.5 Å². The van der Waals surface area contributed by atoms with E-state index in [1.54, 1.807) is 16.8 Å². The molecule has 4 aromatic rings. The van der Waals surface area contributed by atoms with Crippen molar-refractivity contribution in [3.63, 3.8) is 0 Å². The molecule has 0 radical (unpaired) electrons. The summed E-state index contributed by atoms with van der Waals surface area (Å²) < 4.78 is 12.1. The van der Waals surface area contributed by atoms with Gasteiger partial charge in [0, 0.05) is 11.6 Å². The fourth-order valence-corrected chi connectivity index (χ4v) is 3.58. The molecule has 0 bridgehead atoms. The molecule has 0 saturated carbocycles. The van der Waals surface area contributed by atoms with Crippen molar-refractivity contribution in [2.75, 3.05) is 23.8 Å². The van der Waals surface area contributed by atoms with E-state index in [1.165, 1.54) is 12.1 Å². The minimum atomic E-state index is -0.690. The Morgan fingerprint density at radius 3 is 2.51 bits per heavy atom. The molecule has 174 valence electrons. The molecule has 1 aliphatic rings. The summed E-state index contributed by atoms with van der Waals surface area (Å²) in [6.45, 7) is -0.623. The predicted molar refractivity (Wildman–Crippen MR) is 128 cm³/mol. The Morgan fingerprint density at radius 1 is 1.00 bits per heavy atom. The molecule has 9 nitrogen and oxygen atoms in total. The SMILES string of the molecule is O=C1COc2cc(C(=O)OCC(=O)Nc3cc(-c4ccccc4)nn3-c3ccccc3)ccc2N1. The molecule has 2 N–H and O–H groups in total. The van der Waals surface area contributed by atoms with Crippen molar-refractivity contribution in [2.45, 2.75) is 0 Å². The van der Waals surface area contributed by atoms with Gasteiger partial charge in [0.15, 0.2) is 13.2 Å². The van der Waals surface area contributed by atoms with Crippen LogP contribution in [0.25, 0.3) is 16.9 Å². The minimum Gasteiger partial charge on any atom is -0.482 e. The Balaban J connectivity index is 1.29. The van der Waals surface area contributed by atoms with E-state index in [-0.39, 0.29) is 18.1 Å². The second-order valence-electron chi connectivity index (χ2n) is 7.70. The number of hydrogen-bond donors (Lipinski definition) is 2. The van der Waals surface area contributed by atoms with E-state index >= 15 is 0 Å². The summed E-state index contributed by atoms with van der Waals surface area (Å²) in [4.78, 5) is 36.5. The van der Waals surface area contributed by atoms with Crippen molar-refractivity contribution >= 4 is 29.3 Å². The molecule has 0 unspecified atom stereocenters. The van der Waals surface area contributed by atoms with Gasteiger partial charge in [-0.25, -0.2) is 9.48 Å². The molecule has 35 heavy (non-hydrogen) atoms. The van der Waals surface area contributed by atoms with Crippen LogP contribution >= 0.6 is 0 Å². The van der Waals surface area contributed by atoms with Gasteiger partial charge in [0.25, 0.3) is 11.8 Å². The van der Waals surface area contributed by atoms with Gasteiger partial charge < -0.3 is 20.1 Å². The third kappa shape index (κ3) is 4.88. The molecule has 2 amide bonds. The summed E-state index contributed by atoms with van der Waals surface area (Å²) in [5.41, 5.74) is 3.02. The van der Waals surface area contributed by atoms with Crippen LogP contribution in [-0.2, 0) is 14.3 Å². The van der Waals surface area contributed by atoms with Gasteiger partial charge in [-0.2, -0.15) is 5.10 Å². The summed E-state index contributed by atoms with van der Waals surface area (Å²) in [5, 5.41) is 10.1. The first-order valence-electron chi connectivity index (χ1n) is 10.8. The van der Waals surface area contributed by atoms with Crippen molar-refractivity contribution in [3.8, 4) is 22.7 Å². The van der Waals surface area contributed by atoms with E-state index in [9.17, 15) is 14.4 Å². The van der Waals surface area contributed by atoms with Crippen LogP contribution in [-0.4, -0.2) is 40.8 Å². The monoisotopic (exact) mass is 468 g/mol. The van der Waals surface area contributed by atoms with Crippen LogP contribution in [0.2, 0.25) is 0 Å². The summed E-state index contributed by atoms with van der Waals surface area (Å²) >= 11 is 0. The van der Waals surface area contributed by atoms with Gasteiger partial charge in [-0.3, -0.25) is 9.59 Å². The number of aromatic nitrogens is 2. The number of carbonyl (C=O) groups excluding carboxylic acids is 3. The number of carbonyl (C=O) groups is 3. The first-order valence-corrected chi connectivity index (χ1v) is 10.8. The van der Waals surface area contributed by atoms with Gasteiger partial charge in [0.2, 0.25) is 0 Å². The highest BCUT2D eigenvalue weighted by atomic mass is 16.5. The molecule has 0 saturated heterocycles. The molecule has 3 aromatic carbocycles. The summed E-state index contributed by atoms with van der Waals surface area (Å²) in [6, 6.07) is 25.2. The standard InChI is InChI=1S/C26H20N4O5/c31-24-15-34-22-13-18(11-12-20(22)27-24)26(33)35-16-25(32)28-23-14-21(17-7-3-1-4-8-17)29-30(23)19-9-5-2-6-10-19/h1-14H,15-16H2,(H,27,31)(H,28,32). The largest absolute Gasteiger partial charge is 0.482 e. The van der Waals surface area contributed by atoms with Crippen LogP contribution in [0.1, 0.15) is 10.4 Å². The molecule has 0 spiro atoms. The molecule has 0 fully saturated rings. The third-order valence-electron chi connectivity index (χ3n) is 5.23. The van der Waals surface area contributed by atoms with Crippen LogP contribution in [0.3, 0.4) is 0 Å². The summed E-state index contributed by atoms with van der Waals surface area (Å²) in [6.07, 6.45) is 0. The van der Waals surface area contributed by atoms with Gasteiger partial charge in [-0.05, 0) is 30.3 Å². The summed E-state index contributed by atoms with van der Waals surface area (Å²) in [5.74, 6) is -0.672. The smallest absolute Gasteiger partial charge is 0.338 e. The number of anilines is 2. The lowest BCUT2D eigenvalue weighted by molar-refractivity contribution is -0.119. The Morgan fingerprint density at radius 2 is 1.74 bits per heavy atom. The number of nitrogens with one attached hydrogen (secondary N) is 2. The highest BCUT2D eigenvalue weighted by molar-refractivity contribution is 5.98. The Hall–Kier alpha value is -4.92. The van der Waals surface area contributed by atoms with Crippen molar-refractivity contribution in [1.82, 2.24) is 9.78 Å². The lowest BCUT2D eigenvalue weighted by atomic mass is 10.1. The number of para-hydroxylation sites is 1. The zero-order valence-corrected chi connectivity index (χ0v) is 18.4. The highest BCUT2D eigenvalue weighted by Gasteiger charge is 2.20. The minimum absolute atomic E-state index is 0.131. The van der Waals surface area contributed by atoms with Crippen LogP contribution in [0, 0.1) is 0 Å². The number of benzene rings is 3. The molecule has 2 heterocycles. The van der Waals surface area contributed by atoms with E-state index in [4.69, 9.17) is 9.47 Å². The number of amides is 2. The Bertz CT molecular complexity index is 1400. The van der Waals surface area contributed by atoms with E-state index in [1.807, 2.05) is 60.7 Å². The lowest BCUT2D eigenvalue weighted by Crippen LogP contribution is -2.26. The fraction of sp³-hybridized carbons (Fsp3) is 0.0769. The van der Waals surface area contributed by atoms with Gasteiger partial charge in [0.1, 0.15) is 11.6 Å². The fourth-order valence-electron chi connectivity index (χ4n) is 3.58. The number of hydrogen-bond acceptors (Lipinski definition) is 6. The normalized spacial score (nSPS) is 12.2. The second kappa shape index (κ2) is 9.52. The number of ether oxygens (including phenoxy) is 2. The molecule has 0 atom stereocenters.